The van der Waals surface area contributed by atoms with E-state index in [-0.39, 0.29) is 5.91 Å². The van der Waals surface area contributed by atoms with E-state index in [0.717, 1.165) is 19.6 Å². The molecule has 126 valence electrons. The summed E-state index contributed by atoms with van der Waals surface area (Å²) in [6.07, 6.45) is 4.80. The van der Waals surface area contributed by atoms with Crippen LogP contribution >= 0.6 is 11.6 Å². The number of halogens is 1. The molecule has 0 bridgehead atoms. The van der Waals surface area contributed by atoms with Crippen molar-refractivity contribution in [2.24, 2.45) is 0 Å². The predicted octanol–water partition coefficient (Wildman–Crippen LogP) is 3.23. The molecule has 1 aliphatic heterocycles. The number of amides is 1. The Morgan fingerprint density at radius 2 is 1.87 bits per heavy atom. The molecule has 1 aliphatic carbocycles. The standard InChI is InChI=1S/C18H26ClN3O/c1-2-21-11-9-15(10-12-21)22(14-7-8-14)13-18(23)20-17-6-4-3-5-16(17)19/h3-6,14-15H,2,7-13H2,1H3,(H,20,23). The van der Waals surface area contributed by atoms with E-state index < -0.39 is 0 Å². The number of anilines is 1. The minimum absolute atomic E-state index is 0.0444. The van der Waals surface area contributed by atoms with E-state index in [2.05, 4.69) is 22.0 Å². The van der Waals surface area contributed by atoms with E-state index in [1.807, 2.05) is 18.2 Å². The number of rotatable bonds is 6. The van der Waals surface area contributed by atoms with Gasteiger partial charge in [-0.05, 0) is 57.5 Å². The summed E-state index contributed by atoms with van der Waals surface area (Å²) in [5.74, 6) is 0.0444. The molecule has 1 saturated heterocycles. The van der Waals surface area contributed by atoms with Gasteiger partial charge in [0.25, 0.3) is 0 Å². The van der Waals surface area contributed by atoms with Crippen LogP contribution in [-0.2, 0) is 4.79 Å². The van der Waals surface area contributed by atoms with Gasteiger partial charge in [-0.3, -0.25) is 9.69 Å². The molecule has 4 nitrogen and oxygen atoms in total. The molecule has 0 spiro atoms. The molecule has 1 heterocycles. The topological polar surface area (TPSA) is 35.6 Å². The summed E-state index contributed by atoms with van der Waals surface area (Å²) in [5, 5.41) is 3.55. The fourth-order valence-electron chi connectivity index (χ4n) is 3.45. The van der Waals surface area contributed by atoms with Crippen molar-refractivity contribution in [2.45, 2.75) is 44.7 Å². The Morgan fingerprint density at radius 1 is 1.22 bits per heavy atom. The molecule has 1 aromatic rings. The molecule has 3 rings (SSSR count). The Bertz CT molecular complexity index is 539. The van der Waals surface area contributed by atoms with Crippen molar-refractivity contribution in [3.05, 3.63) is 29.3 Å². The highest BCUT2D eigenvalue weighted by atomic mass is 35.5. The molecule has 1 N–H and O–H groups in total. The molecule has 2 fully saturated rings. The van der Waals surface area contributed by atoms with Gasteiger partial charge in [-0.25, -0.2) is 0 Å². The van der Waals surface area contributed by atoms with Crippen LogP contribution in [0.25, 0.3) is 0 Å². The Hall–Kier alpha value is -1.10. The average Bonchev–Trinajstić information content (AvgIpc) is 3.40. The van der Waals surface area contributed by atoms with Gasteiger partial charge in [0.2, 0.25) is 5.91 Å². The minimum atomic E-state index is 0.0444. The average molecular weight is 336 g/mol. The number of nitrogens with zero attached hydrogens (tertiary/aromatic N) is 2. The predicted molar refractivity (Wildman–Crippen MR) is 94.9 cm³/mol. The van der Waals surface area contributed by atoms with Crippen LogP contribution in [0, 0.1) is 0 Å². The normalized spacial score (nSPS) is 20.0. The van der Waals surface area contributed by atoms with Crippen molar-refractivity contribution >= 4 is 23.2 Å². The van der Waals surface area contributed by atoms with Crippen LogP contribution in [0.4, 0.5) is 5.69 Å². The summed E-state index contributed by atoms with van der Waals surface area (Å²) in [4.78, 5) is 17.4. The smallest absolute Gasteiger partial charge is 0.238 e. The van der Waals surface area contributed by atoms with E-state index in [4.69, 9.17) is 11.6 Å². The quantitative estimate of drug-likeness (QED) is 0.867. The highest BCUT2D eigenvalue weighted by Crippen LogP contribution is 2.31. The Labute approximate surface area is 143 Å². The molecule has 0 aromatic heterocycles. The van der Waals surface area contributed by atoms with Crippen molar-refractivity contribution in [3.63, 3.8) is 0 Å². The lowest BCUT2D eigenvalue weighted by atomic mass is 10.0. The monoisotopic (exact) mass is 335 g/mol. The van der Waals surface area contributed by atoms with Gasteiger partial charge in [0.1, 0.15) is 0 Å². The molecule has 0 atom stereocenters. The van der Waals surface area contributed by atoms with Crippen molar-refractivity contribution < 1.29 is 4.79 Å². The number of para-hydroxylation sites is 1. The second-order valence-corrected chi connectivity index (χ2v) is 7.00. The molecule has 2 aliphatic rings. The second kappa shape index (κ2) is 7.65. The van der Waals surface area contributed by atoms with Gasteiger partial charge in [-0.2, -0.15) is 0 Å². The summed E-state index contributed by atoms with van der Waals surface area (Å²) in [6, 6.07) is 8.56. The second-order valence-electron chi connectivity index (χ2n) is 6.60. The van der Waals surface area contributed by atoms with Crippen LogP contribution in [0.2, 0.25) is 5.02 Å². The Balaban J connectivity index is 1.57. The van der Waals surface area contributed by atoms with Crippen LogP contribution in [0.15, 0.2) is 24.3 Å². The molecular weight excluding hydrogens is 310 g/mol. The van der Waals surface area contributed by atoms with Gasteiger partial charge in [-0.15, -0.1) is 0 Å². The SMILES string of the molecule is CCN1CCC(N(CC(=O)Nc2ccccc2Cl)C2CC2)CC1. The molecule has 1 saturated carbocycles. The fourth-order valence-corrected chi connectivity index (χ4v) is 3.63. The molecule has 23 heavy (non-hydrogen) atoms. The van der Waals surface area contributed by atoms with E-state index in [1.54, 1.807) is 6.07 Å². The van der Waals surface area contributed by atoms with Gasteiger partial charge in [0, 0.05) is 12.1 Å². The third-order valence-corrected chi connectivity index (χ3v) is 5.29. The summed E-state index contributed by atoms with van der Waals surface area (Å²) < 4.78 is 0. The maximum Gasteiger partial charge on any atom is 0.238 e. The first-order valence-corrected chi connectivity index (χ1v) is 9.07. The van der Waals surface area contributed by atoms with Crippen molar-refractivity contribution in [1.29, 1.82) is 0 Å². The maximum atomic E-state index is 12.4. The molecular formula is C18H26ClN3O. The van der Waals surface area contributed by atoms with Crippen LogP contribution in [0.3, 0.4) is 0 Å². The largest absolute Gasteiger partial charge is 0.324 e. The number of piperidine rings is 1. The van der Waals surface area contributed by atoms with Crippen LogP contribution in [0.1, 0.15) is 32.6 Å². The Morgan fingerprint density at radius 3 is 2.48 bits per heavy atom. The maximum absolute atomic E-state index is 12.4. The zero-order valence-electron chi connectivity index (χ0n) is 13.8. The first kappa shape index (κ1) is 16.7. The molecule has 5 heteroatoms. The zero-order valence-corrected chi connectivity index (χ0v) is 14.6. The number of nitrogens with one attached hydrogen (secondary N) is 1. The lowest BCUT2D eigenvalue weighted by molar-refractivity contribution is -0.118. The van der Waals surface area contributed by atoms with Crippen LogP contribution in [-0.4, -0.2) is 54.0 Å². The highest BCUT2D eigenvalue weighted by molar-refractivity contribution is 6.33. The number of benzene rings is 1. The number of hydrogen-bond donors (Lipinski definition) is 1. The minimum Gasteiger partial charge on any atom is -0.324 e. The van der Waals surface area contributed by atoms with Gasteiger partial charge in [-0.1, -0.05) is 30.7 Å². The summed E-state index contributed by atoms with van der Waals surface area (Å²) >= 11 is 6.13. The third-order valence-electron chi connectivity index (χ3n) is 4.96. The van der Waals surface area contributed by atoms with Crippen LogP contribution in [0.5, 0.6) is 0 Å². The van der Waals surface area contributed by atoms with Gasteiger partial charge >= 0.3 is 0 Å². The lowest BCUT2D eigenvalue weighted by Gasteiger charge is -2.38. The van der Waals surface area contributed by atoms with Crippen molar-refractivity contribution in [1.82, 2.24) is 9.80 Å². The first-order valence-electron chi connectivity index (χ1n) is 8.70. The first-order chi connectivity index (χ1) is 11.2. The lowest BCUT2D eigenvalue weighted by Crippen LogP contribution is -2.48. The van der Waals surface area contributed by atoms with E-state index >= 15 is 0 Å². The van der Waals surface area contributed by atoms with E-state index in [0.29, 0.717) is 29.3 Å². The highest BCUT2D eigenvalue weighted by Gasteiger charge is 2.36. The Kier molecular flexibility index (Phi) is 5.57. The van der Waals surface area contributed by atoms with Crippen molar-refractivity contribution in [2.75, 3.05) is 31.5 Å². The molecule has 1 aromatic carbocycles. The number of carbonyl (C=O) groups is 1. The fraction of sp³-hybridized carbons (Fsp3) is 0.611. The summed E-state index contributed by atoms with van der Waals surface area (Å²) in [5.41, 5.74) is 0.704. The number of carbonyl (C=O) groups excluding carboxylic acids is 1. The van der Waals surface area contributed by atoms with Gasteiger partial charge < -0.3 is 10.2 Å². The van der Waals surface area contributed by atoms with Gasteiger partial charge in [0.15, 0.2) is 0 Å². The molecule has 0 unspecified atom stereocenters. The van der Waals surface area contributed by atoms with Crippen molar-refractivity contribution in [3.8, 4) is 0 Å². The van der Waals surface area contributed by atoms with E-state index in [9.17, 15) is 4.79 Å². The molecule has 0 radical (unpaired) electrons. The number of hydrogen-bond acceptors (Lipinski definition) is 3. The van der Waals surface area contributed by atoms with Crippen LogP contribution < -0.4 is 5.32 Å². The number of likely N-dealkylation sites (tertiary alicyclic amines) is 1. The van der Waals surface area contributed by atoms with Gasteiger partial charge in [0.05, 0.1) is 17.3 Å². The zero-order chi connectivity index (χ0) is 16.2. The summed E-state index contributed by atoms with van der Waals surface area (Å²) in [7, 11) is 0. The summed E-state index contributed by atoms with van der Waals surface area (Å²) in [6.45, 7) is 6.12. The third kappa shape index (κ3) is 4.46. The molecule has 1 amide bonds. The van der Waals surface area contributed by atoms with E-state index in [1.165, 1.54) is 25.7 Å².